The van der Waals surface area contributed by atoms with E-state index in [4.69, 9.17) is 9.47 Å². The van der Waals surface area contributed by atoms with E-state index in [1.165, 1.54) is 12.1 Å². The van der Waals surface area contributed by atoms with Crippen molar-refractivity contribution in [1.82, 2.24) is 4.90 Å². The quantitative estimate of drug-likeness (QED) is 0.834. The summed E-state index contributed by atoms with van der Waals surface area (Å²) in [6.45, 7) is 4.03. The minimum Gasteiger partial charge on any atom is -0.372 e. The van der Waals surface area contributed by atoms with Crippen molar-refractivity contribution in [3.05, 3.63) is 35.6 Å². The Labute approximate surface area is 112 Å². The highest BCUT2D eigenvalue weighted by atomic mass is 19.1. The van der Waals surface area contributed by atoms with Crippen LogP contribution in [-0.4, -0.2) is 43.7 Å². The molecule has 1 fully saturated rings. The van der Waals surface area contributed by atoms with Gasteiger partial charge in [0.1, 0.15) is 18.5 Å². The van der Waals surface area contributed by atoms with Crippen molar-refractivity contribution in [2.45, 2.75) is 13.0 Å². The first-order valence-electron chi connectivity index (χ1n) is 6.43. The lowest BCUT2D eigenvalue weighted by molar-refractivity contribution is -0.143. The van der Waals surface area contributed by atoms with Crippen LogP contribution < -0.4 is 0 Å². The van der Waals surface area contributed by atoms with E-state index in [1.807, 2.05) is 6.92 Å². The molecule has 19 heavy (non-hydrogen) atoms. The predicted molar refractivity (Wildman–Crippen MR) is 68.2 cm³/mol. The molecule has 1 amide bonds. The number of benzene rings is 1. The van der Waals surface area contributed by atoms with Crippen LogP contribution in [0.1, 0.15) is 18.6 Å². The molecule has 0 bridgehead atoms. The third-order valence-electron chi connectivity index (χ3n) is 3.09. The Morgan fingerprint density at radius 2 is 2.21 bits per heavy atom. The van der Waals surface area contributed by atoms with E-state index >= 15 is 0 Å². The number of ether oxygens (including phenoxy) is 2. The van der Waals surface area contributed by atoms with Gasteiger partial charge in [-0.15, -0.1) is 0 Å². The molecule has 5 heteroatoms. The Morgan fingerprint density at radius 3 is 2.89 bits per heavy atom. The first-order chi connectivity index (χ1) is 9.20. The van der Waals surface area contributed by atoms with Gasteiger partial charge in [0.05, 0.1) is 13.2 Å². The SMILES string of the molecule is CCOCC(=O)N1CCOC(c2ccc(F)cc2)C1. The average molecular weight is 267 g/mol. The molecular weight excluding hydrogens is 249 g/mol. The Bertz CT molecular complexity index is 421. The lowest BCUT2D eigenvalue weighted by Gasteiger charge is -2.33. The second kappa shape index (κ2) is 6.63. The maximum atomic E-state index is 12.9. The number of nitrogens with zero attached hydrogens (tertiary/aromatic N) is 1. The van der Waals surface area contributed by atoms with Crippen molar-refractivity contribution in [2.75, 3.05) is 32.9 Å². The second-order valence-corrected chi connectivity index (χ2v) is 4.39. The number of hydrogen-bond donors (Lipinski definition) is 0. The lowest BCUT2D eigenvalue weighted by Crippen LogP contribution is -2.43. The molecule has 1 aliphatic heterocycles. The molecule has 0 saturated carbocycles. The van der Waals surface area contributed by atoms with Crippen molar-refractivity contribution in [3.63, 3.8) is 0 Å². The van der Waals surface area contributed by atoms with Crippen molar-refractivity contribution in [3.8, 4) is 0 Å². The summed E-state index contributed by atoms with van der Waals surface area (Å²) in [5, 5.41) is 0. The lowest BCUT2D eigenvalue weighted by atomic mass is 10.1. The molecule has 1 aromatic carbocycles. The highest BCUT2D eigenvalue weighted by Crippen LogP contribution is 2.22. The Balaban J connectivity index is 1.96. The monoisotopic (exact) mass is 267 g/mol. The van der Waals surface area contributed by atoms with Crippen LogP contribution in [0, 0.1) is 5.82 Å². The van der Waals surface area contributed by atoms with Crippen LogP contribution in [0.15, 0.2) is 24.3 Å². The van der Waals surface area contributed by atoms with Gasteiger partial charge in [0, 0.05) is 13.2 Å². The van der Waals surface area contributed by atoms with E-state index < -0.39 is 0 Å². The molecule has 104 valence electrons. The van der Waals surface area contributed by atoms with Gasteiger partial charge in [-0.05, 0) is 24.6 Å². The summed E-state index contributed by atoms with van der Waals surface area (Å²) < 4.78 is 23.6. The Morgan fingerprint density at radius 1 is 1.47 bits per heavy atom. The molecule has 0 spiro atoms. The molecule has 0 aliphatic carbocycles. The standard InChI is InChI=1S/C14H18FNO3/c1-2-18-10-14(17)16-7-8-19-13(9-16)11-3-5-12(15)6-4-11/h3-6,13H,2,7-10H2,1H3. The smallest absolute Gasteiger partial charge is 0.248 e. The van der Waals surface area contributed by atoms with Crippen LogP contribution in [0.25, 0.3) is 0 Å². The Hall–Kier alpha value is -1.46. The van der Waals surface area contributed by atoms with Gasteiger partial charge in [-0.2, -0.15) is 0 Å². The van der Waals surface area contributed by atoms with Gasteiger partial charge >= 0.3 is 0 Å². The number of carbonyl (C=O) groups is 1. The highest BCUT2D eigenvalue weighted by molar-refractivity contribution is 5.77. The maximum absolute atomic E-state index is 12.9. The molecule has 0 N–H and O–H groups in total. The largest absolute Gasteiger partial charge is 0.372 e. The molecule has 1 heterocycles. The van der Waals surface area contributed by atoms with Crippen LogP contribution >= 0.6 is 0 Å². The minimum absolute atomic E-state index is 0.0303. The van der Waals surface area contributed by atoms with Crippen molar-refractivity contribution in [1.29, 1.82) is 0 Å². The molecule has 4 nitrogen and oxygen atoms in total. The first kappa shape index (κ1) is 14.0. The molecule has 1 aromatic rings. The summed E-state index contributed by atoms with van der Waals surface area (Å²) >= 11 is 0. The van der Waals surface area contributed by atoms with Crippen LogP contribution in [0.2, 0.25) is 0 Å². The van der Waals surface area contributed by atoms with Crippen LogP contribution in [0.4, 0.5) is 4.39 Å². The molecule has 1 saturated heterocycles. The van der Waals surface area contributed by atoms with Crippen molar-refractivity contribution >= 4 is 5.91 Å². The van der Waals surface area contributed by atoms with Gasteiger partial charge in [-0.25, -0.2) is 4.39 Å². The summed E-state index contributed by atoms with van der Waals surface area (Å²) in [4.78, 5) is 13.6. The van der Waals surface area contributed by atoms with E-state index in [0.29, 0.717) is 26.3 Å². The molecule has 1 aliphatic rings. The summed E-state index contributed by atoms with van der Waals surface area (Å²) in [6.07, 6.45) is -0.195. The third-order valence-corrected chi connectivity index (χ3v) is 3.09. The zero-order chi connectivity index (χ0) is 13.7. The maximum Gasteiger partial charge on any atom is 0.248 e. The summed E-state index contributed by atoms with van der Waals surface area (Å²) in [5.74, 6) is -0.305. The summed E-state index contributed by atoms with van der Waals surface area (Å²) in [7, 11) is 0. The molecular formula is C14H18FNO3. The van der Waals surface area contributed by atoms with E-state index in [9.17, 15) is 9.18 Å². The van der Waals surface area contributed by atoms with E-state index in [-0.39, 0.29) is 24.4 Å². The van der Waals surface area contributed by atoms with Crippen LogP contribution in [0.3, 0.4) is 0 Å². The summed E-state index contributed by atoms with van der Waals surface area (Å²) in [5.41, 5.74) is 0.885. The zero-order valence-corrected chi connectivity index (χ0v) is 11.0. The fourth-order valence-electron chi connectivity index (χ4n) is 2.04. The molecule has 1 unspecified atom stereocenters. The number of morpholine rings is 1. The number of hydrogen-bond acceptors (Lipinski definition) is 3. The van der Waals surface area contributed by atoms with Crippen molar-refractivity contribution < 1.29 is 18.7 Å². The van der Waals surface area contributed by atoms with Gasteiger partial charge < -0.3 is 14.4 Å². The third kappa shape index (κ3) is 3.75. The van der Waals surface area contributed by atoms with Gasteiger partial charge in [-0.1, -0.05) is 12.1 Å². The highest BCUT2D eigenvalue weighted by Gasteiger charge is 2.25. The average Bonchev–Trinajstić information content (AvgIpc) is 2.45. The predicted octanol–water partition coefficient (Wildman–Crippen LogP) is 1.76. The fraction of sp³-hybridized carbons (Fsp3) is 0.500. The minimum atomic E-state index is -0.274. The Kier molecular flexibility index (Phi) is 4.87. The summed E-state index contributed by atoms with van der Waals surface area (Å²) in [6, 6.07) is 6.19. The molecule has 1 atom stereocenters. The topological polar surface area (TPSA) is 38.8 Å². The molecule has 0 aromatic heterocycles. The number of rotatable bonds is 4. The van der Waals surface area contributed by atoms with Gasteiger partial charge in [0.25, 0.3) is 0 Å². The van der Waals surface area contributed by atoms with Gasteiger partial charge in [0.2, 0.25) is 5.91 Å². The van der Waals surface area contributed by atoms with E-state index in [0.717, 1.165) is 5.56 Å². The number of halogens is 1. The van der Waals surface area contributed by atoms with Crippen molar-refractivity contribution in [2.24, 2.45) is 0 Å². The number of amides is 1. The van der Waals surface area contributed by atoms with Crippen LogP contribution in [0.5, 0.6) is 0 Å². The van der Waals surface area contributed by atoms with Gasteiger partial charge in [0.15, 0.2) is 0 Å². The normalized spacial score (nSPS) is 19.5. The first-order valence-corrected chi connectivity index (χ1v) is 6.43. The zero-order valence-electron chi connectivity index (χ0n) is 11.0. The number of carbonyl (C=O) groups excluding carboxylic acids is 1. The molecule has 0 radical (unpaired) electrons. The molecule has 2 rings (SSSR count). The van der Waals surface area contributed by atoms with E-state index in [1.54, 1.807) is 17.0 Å². The fourth-order valence-corrected chi connectivity index (χ4v) is 2.04. The van der Waals surface area contributed by atoms with E-state index in [2.05, 4.69) is 0 Å². The second-order valence-electron chi connectivity index (χ2n) is 4.39. The van der Waals surface area contributed by atoms with Gasteiger partial charge in [-0.3, -0.25) is 4.79 Å². The van der Waals surface area contributed by atoms with Crippen LogP contribution in [-0.2, 0) is 14.3 Å².